The highest BCUT2D eigenvalue weighted by molar-refractivity contribution is 5.97. The van der Waals surface area contributed by atoms with Gasteiger partial charge in [-0.15, -0.1) is 6.42 Å². The highest BCUT2D eigenvalue weighted by atomic mass is 19.1. The van der Waals surface area contributed by atoms with Gasteiger partial charge in [0.05, 0.1) is 23.0 Å². The molecule has 0 aliphatic carbocycles. The SMILES string of the molecule is C#CCN(Cc1cc2c(=O)[nH]c(C)nc2cc1C)N(C(=O)CC[C@H](NC(=O)c1ccccc1F)C(=O)O)[C@H](CCC(=O)O)C(=O)O. The lowest BCUT2D eigenvalue weighted by Gasteiger charge is -2.38. The Balaban J connectivity index is 1.97. The summed E-state index contributed by atoms with van der Waals surface area (Å²) in [7, 11) is 0. The molecule has 0 aliphatic heterocycles. The van der Waals surface area contributed by atoms with Gasteiger partial charge >= 0.3 is 17.9 Å². The van der Waals surface area contributed by atoms with Crippen LogP contribution >= 0.6 is 0 Å². The number of rotatable bonds is 15. The van der Waals surface area contributed by atoms with Gasteiger partial charge in [-0.05, 0) is 62.1 Å². The molecule has 14 nitrogen and oxygen atoms in total. The lowest BCUT2D eigenvalue weighted by Crippen LogP contribution is -2.55. The molecule has 1 aromatic heterocycles. The minimum Gasteiger partial charge on any atom is -0.481 e. The molecule has 1 heterocycles. The number of aliphatic carboxylic acids is 3. The fourth-order valence-corrected chi connectivity index (χ4v) is 4.79. The fraction of sp³-hybridized carbons (Fsp3) is 0.323. The molecule has 0 aliphatic rings. The van der Waals surface area contributed by atoms with Crippen LogP contribution in [-0.4, -0.2) is 83.7 Å². The van der Waals surface area contributed by atoms with Crippen molar-refractivity contribution in [1.29, 1.82) is 0 Å². The molecule has 0 saturated heterocycles. The Kier molecular flexibility index (Phi) is 11.7. The Morgan fingerprint density at radius 3 is 2.35 bits per heavy atom. The number of nitrogens with one attached hydrogen (secondary N) is 2. The second-order valence-corrected chi connectivity index (χ2v) is 10.4. The molecule has 46 heavy (non-hydrogen) atoms. The summed E-state index contributed by atoms with van der Waals surface area (Å²) >= 11 is 0. The van der Waals surface area contributed by atoms with E-state index < -0.39 is 84.4 Å². The van der Waals surface area contributed by atoms with Crippen molar-refractivity contribution in [2.24, 2.45) is 0 Å². The topological polar surface area (TPSA) is 210 Å². The number of hydrogen-bond donors (Lipinski definition) is 5. The van der Waals surface area contributed by atoms with Crippen LogP contribution in [0.5, 0.6) is 0 Å². The third-order valence-corrected chi connectivity index (χ3v) is 7.05. The number of fused-ring (bicyclic) bond motifs is 1. The monoisotopic (exact) mass is 637 g/mol. The van der Waals surface area contributed by atoms with E-state index in [1.807, 2.05) is 0 Å². The number of carbonyl (C=O) groups excluding carboxylic acids is 2. The average molecular weight is 638 g/mol. The van der Waals surface area contributed by atoms with E-state index in [0.29, 0.717) is 22.5 Å². The van der Waals surface area contributed by atoms with Crippen molar-refractivity contribution in [1.82, 2.24) is 25.3 Å². The molecule has 15 heteroatoms. The molecule has 0 bridgehead atoms. The molecule has 5 N–H and O–H groups in total. The summed E-state index contributed by atoms with van der Waals surface area (Å²) in [4.78, 5) is 81.6. The zero-order valence-corrected chi connectivity index (χ0v) is 24.9. The first-order chi connectivity index (χ1) is 21.7. The number of aromatic amines is 1. The van der Waals surface area contributed by atoms with E-state index in [4.69, 9.17) is 6.42 Å². The molecule has 242 valence electrons. The standard InChI is InChI=1S/C31H32FN5O9/c1-4-13-36(16-19-15-21-24(14-17(19)2)33-18(3)34-29(21)42)37(25(31(45)46)10-12-27(39)40)26(38)11-9-23(30(43)44)35-28(41)20-7-5-6-8-22(20)32/h1,5-8,14-15,23,25H,9-13,16H2,2-3H3,(H,35,41)(H,39,40)(H,43,44)(H,45,46)(H,33,34,42)/t23-,25+/m0/s1. The molecule has 0 radical (unpaired) electrons. The number of hydrazine groups is 1. The first-order valence-electron chi connectivity index (χ1n) is 14.0. The second kappa shape index (κ2) is 15.4. The maximum atomic E-state index is 14.1. The van der Waals surface area contributed by atoms with Crippen molar-refractivity contribution >= 4 is 40.6 Å². The van der Waals surface area contributed by atoms with Crippen LogP contribution in [0.15, 0.2) is 41.2 Å². The van der Waals surface area contributed by atoms with Crippen molar-refractivity contribution in [3.05, 3.63) is 75.1 Å². The van der Waals surface area contributed by atoms with Gasteiger partial charge in [-0.2, -0.15) is 0 Å². The molecule has 2 amide bonds. The number of amides is 2. The Morgan fingerprint density at radius 1 is 1.04 bits per heavy atom. The zero-order chi connectivity index (χ0) is 34.1. The zero-order valence-electron chi connectivity index (χ0n) is 24.9. The van der Waals surface area contributed by atoms with Crippen LogP contribution in [0.25, 0.3) is 10.9 Å². The number of aromatic nitrogens is 2. The Hall–Kier alpha value is -5.62. The van der Waals surface area contributed by atoms with Crippen LogP contribution < -0.4 is 10.9 Å². The summed E-state index contributed by atoms with van der Waals surface area (Å²) < 4.78 is 14.1. The van der Waals surface area contributed by atoms with Gasteiger partial charge in [-0.3, -0.25) is 24.2 Å². The largest absolute Gasteiger partial charge is 0.481 e. The number of carboxylic acid groups (broad SMARTS) is 3. The molecule has 0 spiro atoms. The van der Waals surface area contributed by atoms with Gasteiger partial charge in [0.25, 0.3) is 11.5 Å². The smallest absolute Gasteiger partial charge is 0.328 e. The lowest BCUT2D eigenvalue weighted by atomic mass is 10.0. The maximum absolute atomic E-state index is 14.1. The number of halogens is 1. The third kappa shape index (κ3) is 8.73. The van der Waals surface area contributed by atoms with Gasteiger partial charge in [0.2, 0.25) is 5.91 Å². The van der Waals surface area contributed by atoms with E-state index in [-0.39, 0.29) is 18.5 Å². The summed E-state index contributed by atoms with van der Waals surface area (Å²) in [6, 6.07) is 4.63. The summed E-state index contributed by atoms with van der Waals surface area (Å²) in [6.07, 6.45) is 3.26. The number of carbonyl (C=O) groups is 5. The van der Waals surface area contributed by atoms with Crippen molar-refractivity contribution in [3.8, 4) is 12.3 Å². The van der Waals surface area contributed by atoms with Crippen molar-refractivity contribution in [2.75, 3.05) is 6.54 Å². The number of carboxylic acids is 3. The summed E-state index contributed by atoms with van der Waals surface area (Å²) in [6.45, 7) is 2.79. The van der Waals surface area contributed by atoms with E-state index in [1.54, 1.807) is 19.9 Å². The van der Waals surface area contributed by atoms with E-state index in [9.17, 15) is 48.5 Å². The minimum absolute atomic E-state index is 0.200. The van der Waals surface area contributed by atoms with Gasteiger partial charge in [0.15, 0.2) is 0 Å². The summed E-state index contributed by atoms with van der Waals surface area (Å²) in [5.74, 6) is -4.54. The third-order valence-electron chi connectivity index (χ3n) is 7.05. The normalized spacial score (nSPS) is 12.2. The van der Waals surface area contributed by atoms with E-state index in [2.05, 4.69) is 21.2 Å². The van der Waals surface area contributed by atoms with Crippen LogP contribution in [0.3, 0.4) is 0 Å². The molecule has 0 fully saturated rings. The Morgan fingerprint density at radius 2 is 1.74 bits per heavy atom. The summed E-state index contributed by atoms with van der Waals surface area (Å²) in [5.41, 5.74) is 0.651. The van der Waals surface area contributed by atoms with Gasteiger partial charge in [-0.1, -0.05) is 18.1 Å². The number of terminal acetylenes is 1. The molecule has 3 aromatic rings. The van der Waals surface area contributed by atoms with Crippen molar-refractivity contribution in [3.63, 3.8) is 0 Å². The fourth-order valence-electron chi connectivity index (χ4n) is 4.79. The first kappa shape index (κ1) is 34.9. The first-order valence-corrected chi connectivity index (χ1v) is 14.0. The molecular weight excluding hydrogens is 605 g/mol. The van der Waals surface area contributed by atoms with E-state index >= 15 is 0 Å². The van der Waals surface area contributed by atoms with E-state index in [1.165, 1.54) is 23.2 Å². The van der Waals surface area contributed by atoms with Gasteiger partial charge in [0, 0.05) is 19.4 Å². The highest BCUT2D eigenvalue weighted by Gasteiger charge is 2.35. The highest BCUT2D eigenvalue weighted by Crippen LogP contribution is 2.22. The Bertz CT molecular complexity index is 1770. The van der Waals surface area contributed by atoms with Crippen molar-refractivity contribution < 1.29 is 43.7 Å². The van der Waals surface area contributed by atoms with Crippen LogP contribution in [-0.2, 0) is 25.7 Å². The molecule has 0 saturated carbocycles. The maximum Gasteiger partial charge on any atom is 0.328 e. The van der Waals surface area contributed by atoms with Crippen LogP contribution in [0, 0.1) is 32.0 Å². The lowest BCUT2D eigenvalue weighted by molar-refractivity contribution is -0.170. The minimum atomic E-state index is -1.73. The number of benzene rings is 2. The molecular formula is C31H32FN5O9. The molecule has 2 aromatic carbocycles. The van der Waals surface area contributed by atoms with Gasteiger partial charge < -0.3 is 25.6 Å². The van der Waals surface area contributed by atoms with E-state index in [0.717, 1.165) is 17.1 Å². The number of hydrogen-bond acceptors (Lipinski definition) is 8. The van der Waals surface area contributed by atoms with Crippen LogP contribution in [0.4, 0.5) is 4.39 Å². The Labute approximate surface area is 261 Å². The average Bonchev–Trinajstić information content (AvgIpc) is 2.97. The predicted molar refractivity (Wildman–Crippen MR) is 161 cm³/mol. The van der Waals surface area contributed by atoms with Gasteiger partial charge in [0.1, 0.15) is 23.7 Å². The number of H-pyrrole nitrogens is 1. The molecule has 3 rings (SSSR count). The predicted octanol–water partition coefficient (Wildman–Crippen LogP) is 1.84. The number of nitrogens with zero attached hydrogens (tertiary/aromatic N) is 3. The summed E-state index contributed by atoms with van der Waals surface area (Å²) in [5, 5.41) is 33.4. The quantitative estimate of drug-likeness (QED) is 0.120. The van der Waals surface area contributed by atoms with Crippen molar-refractivity contribution in [2.45, 2.75) is 58.2 Å². The second-order valence-electron chi connectivity index (χ2n) is 10.4. The molecule has 0 unspecified atom stereocenters. The van der Waals surface area contributed by atoms with Gasteiger partial charge in [-0.25, -0.2) is 24.0 Å². The number of aryl methyl sites for hydroxylation is 2. The van der Waals surface area contributed by atoms with Crippen LogP contribution in [0.1, 0.15) is 53.0 Å². The van der Waals surface area contributed by atoms with Crippen LogP contribution in [0.2, 0.25) is 0 Å². The molecule has 2 atom stereocenters.